The Kier molecular flexibility index (Phi) is 4.60. The molecule has 0 aliphatic heterocycles. The molecule has 6 nitrogen and oxygen atoms in total. The lowest BCUT2D eigenvalue weighted by atomic mass is 10.1. The number of hydrogen-bond acceptors (Lipinski definition) is 4. The summed E-state index contributed by atoms with van der Waals surface area (Å²) >= 11 is 0. The summed E-state index contributed by atoms with van der Waals surface area (Å²) in [7, 11) is -3.26. The molecule has 0 fully saturated rings. The molecule has 28 heavy (non-hydrogen) atoms. The van der Waals surface area contributed by atoms with Crippen LogP contribution in [0.2, 0.25) is 0 Å². The monoisotopic (exact) mass is 393 g/mol. The van der Waals surface area contributed by atoms with Crippen molar-refractivity contribution in [3.63, 3.8) is 0 Å². The number of aromatic amines is 2. The van der Waals surface area contributed by atoms with Crippen LogP contribution in [0, 0.1) is 0 Å². The number of H-pyrrole nitrogens is 2. The number of sulfone groups is 1. The van der Waals surface area contributed by atoms with Gasteiger partial charge in [-0.05, 0) is 48.9 Å². The van der Waals surface area contributed by atoms with Crippen molar-refractivity contribution in [3.05, 3.63) is 70.6 Å². The summed E-state index contributed by atoms with van der Waals surface area (Å²) in [5.41, 5.74) is 2.52. The fraction of sp³-hybridized carbons (Fsp3) is 0.143. The SMILES string of the molecule is CCCS(=O)(=O)c1ccc(N=Cc2c(=O)[nH]c3ccc4[nH]cccc4c23)cc1. The van der Waals surface area contributed by atoms with Crippen LogP contribution in [0.4, 0.5) is 5.69 Å². The molecule has 0 atom stereocenters. The maximum absolute atomic E-state index is 12.4. The van der Waals surface area contributed by atoms with E-state index in [9.17, 15) is 13.2 Å². The van der Waals surface area contributed by atoms with Crippen LogP contribution in [-0.4, -0.2) is 30.4 Å². The van der Waals surface area contributed by atoms with Crippen LogP contribution in [0.15, 0.2) is 69.4 Å². The molecule has 0 radical (unpaired) electrons. The minimum atomic E-state index is -3.26. The molecule has 2 aromatic heterocycles. The van der Waals surface area contributed by atoms with Crippen LogP contribution >= 0.6 is 0 Å². The summed E-state index contributed by atoms with van der Waals surface area (Å²) in [5, 5.41) is 1.74. The molecule has 0 amide bonds. The Hall–Kier alpha value is -3.19. The number of rotatable bonds is 5. The summed E-state index contributed by atoms with van der Waals surface area (Å²) in [6.07, 6.45) is 3.93. The highest BCUT2D eigenvalue weighted by atomic mass is 32.2. The maximum atomic E-state index is 12.4. The van der Waals surface area contributed by atoms with E-state index in [2.05, 4.69) is 15.0 Å². The van der Waals surface area contributed by atoms with Crippen LogP contribution in [0.5, 0.6) is 0 Å². The van der Waals surface area contributed by atoms with Crippen molar-refractivity contribution in [3.8, 4) is 0 Å². The molecular weight excluding hydrogens is 374 g/mol. The molecule has 142 valence electrons. The van der Waals surface area contributed by atoms with Gasteiger partial charge in [0.25, 0.3) is 5.56 Å². The molecule has 7 heteroatoms. The highest BCUT2D eigenvalue weighted by Crippen LogP contribution is 2.25. The second-order valence-corrected chi connectivity index (χ2v) is 8.67. The summed E-state index contributed by atoms with van der Waals surface area (Å²) in [6.45, 7) is 1.83. The van der Waals surface area contributed by atoms with E-state index in [1.54, 1.807) is 24.3 Å². The molecule has 2 heterocycles. The summed E-state index contributed by atoms with van der Waals surface area (Å²) in [4.78, 5) is 23.1. The van der Waals surface area contributed by atoms with Gasteiger partial charge in [0.15, 0.2) is 9.84 Å². The van der Waals surface area contributed by atoms with E-state index in [1.807, 2.05) is 37.4 Å². The van der Waals surface area contributed by atoms with Crippen LogP contribution in [0.3, 0.4) is 0 Å². The van der Waals surface area contributed by atoms with E-state index < -0.39 is 9.84 Å². The zero-order valence-corrected chi connectivity index (χ0v) is 16.1. The summed E-state index contributed by atoms with van der Waals surface area (Å²) < 4.78 is 24.2. The number of aliphatic imine (C=N–C) groups is 1. The molecule has 2 N–H and O–H groups in total. The Morgan fingerprint density at radius 3 is 2.54 bits per heavy atom. The Bertz CT molecular complexity index is 1350. The first kappa shape index (κ1) is 18.2. The largest absolute Gasteiger partial charge is 0.361 e. The van der Waals surface area contributed by atoms with Gasteiger partial charge in [0, 0.05) is 34.2 Å². The van der Waals surface area contributed by atoms with Crippen LogP contribution in [0.1, 0.15) is 18.9 Å². The Labute approximate surface area is 161 Å². The van der Waals surface area contributed by atoms with Crippen LogP contribution in [-0.2, 0) is 9.84 Å². The lowest BCUT2D eigenvalue weighted by molar-refractivity contribution is 0.595. The molecule has 0 aliphatic rings. The number of hydrogen-bond donors (Lipinski definition) is 2. The second kappa shape index (κ2) is 7.09. The van der Waals surface area contributed by atoms with Gasteiger partial charge >= 0.3 is 0 Å². The first-order chi connectivity index (χ1) is 13.5. The summed E-state index contributed by atoms with van der Waals surface area (Å²) in [5.74, 6) is 0.120. The molecule has 4 aromatic rings. The van der Waals surface area contributed by atoms with Gasteiger partial charge in [-0.25, -0.2) is 8.42 Å². The van der Waals surface area contributed by atoms with Gasteiger partial charge in [-0.3, -0.25) is 9.79 Å². The topological polar surface area (TPSA) is 95.2 Å². The minimum Gasteiger partial charge on any atom is -0.361 e. The van der Waals surface area contributed by atoms with Crippen LogP contribution in [0.25, 0.3) is 21.8 Å². The van der Waals surface area contributed by atoms with Gasteiger partial charge in [-0.15, -0.1) is 0 Å². The first-order valence-electron chi connectivity index (χ1n) is 8.98. The number of benzene rings is 2. The van der Waals surface area contributed by atoms with E-state index in [0.717, 1.165) is 21.8 Å². The van der Waals surface area contributed by atoms with Gasteiger partial charge in [0.2, 0.25) is 0 Å². The lowest BCUT2D eigenvalue weighted by Crippen LogP contribution is -2.05. The second-order valence-electron chi connectivity index (χ2n) is 6.56. The van der Waals surface area contributed by atoms with Gasteiger partial charge in [-0.2, -0.15) is 0 Å². The Morgan fingerprint density at radius 1 is 1.04 bits per heavy atom. The summed E-state index contributed by atoms with van der Waals surface area (Å²) in [6, 6.07) is 14.0. The zero-order valence-electron chi connectivity index (χ0n) is 15.3. The van der Waals surface area contributed by atoms with Gasteiger partial charge < -0.3 is 9.97 Å². The molecule has 0 unspecified atom stereocenters. The molecule has 0 bridgehead atoms. The average molecular weight is 393 g/mol. The van der Waals surface area contributed by atoms with E-state index in [1.165, 1.54) is 6.21 Å². The Balaban J connectivity index is 1.74. The predicted molar refractivity (Wildman–Crippen MR) is 112 cm³/mol. The smallest absolute Gasteiger partial charge is 0.257 e. The van der Waals surface area contributed by atoms with Crippen molar-refractivity contribution in [2.24, 2.45) is 4.99 Å². The quantitative estimate of drug-likeness (QED) is 0.503. The molecule has 0 saturated carbocycles. The van der Waals surface area contributed by atoms with Crippen molar-refractivity contribution in [1.82, 2.24) is 9.97 Å². The number of fused-ring (bicyclic) bond motifs is 3. The number of nitrogens with zero attached hydrogens (tertiary/aromatic N) is 1. The molecule has 2 aromatic carbocycles. The van der Waals surface area contributed by atoms with E-state index >= 15 is 0 Å². The normalized spacial score (nSPS) is 12.3. The van der Waals surface area contributed by atoms with Gasteiger partial charge in [0.05, 0.1) is 21.9 Å². The van der Waals surface area contributed by atoms with E-state index in [-0.39, 0.29) is 16.2 Å². The Morgan fingerprint density at radius 2 is 1.79 bits per heavy atom. The number of aromatic nitrogens is 2. The highest BCUT2D eigenvalue weighted by molar-refractivity contribution is 7.91. The minimum absolute atomic E-state index is 0.120. The van der Waals surface area contributed by atoms with Crippen LogP contribution < -0.4 is 5.56 Å². The third-order valence-electron chi connectivity index (χ3n) is 4.62. The molecule has 4 rings (SSSR count). The van der Waals surface area contributed by atoms with Crippen molar-refractivity contribution >= 4 is 43.5 Å². The zero-order chi connectivity index (χ0) is 19.7. The first-order valence-corrected chi connectivity index (χ1v) is 10.6. The third-order valence-corrected chi connectivity index (χ3v) is 6.55. The molecule has 0 aliphatic carbocycles. The van der Waals surface area contributed by atoms with Crippen molar-refractivity contribution in [2.45, 2.75) is 18.2 Å². The lowest BCUT2D eigenvalue weighted by Gasteiger charge is -2.03. The standard InChI is InChI=1S/C21H19N3O3S/c1-2-12-28(26,27)15-7-5-14(6-8-15)23-13-17-20-16-4-3-11-22-18(16)9-10-19(20)24-21(17)25/h3-11,13,22H,2,12H2,1H3,(H,24,25). The number of pyridine rings is 1. The van der Waals surface area contributed by atoms with Gasteiger partial charge in [-0.1, -0.05) is 13.0 Å². The maximum Gasteiger partial charge on any atom is 0.257 e. The van der Waals surface area contributed by atoms with E-state index in [4.69, 9.17) is 0 Å². The average Bonchev–Trinajstić information content (AvgIpc) is 3.02. The van der Waals surface area contributed by atoms with Crippen molar-refractivity contribution in [2.75, 3.05) is 5.75 Å². The van der Waals surface area contributed by atoms with E-state index in [0.29, 0.717) is 17.7 Å². The number of nitrogens with one attached hydrogen (secondary N) is 2. The van der Waals surface area contributed by atoms with Crippen molar-refractivity contribution in [1.29, 1.82) is 0 Å². The fourth-order valence-electron chi connectivity index (χ4n) is 3.29. The molecular formula is C21H19N3O3S. The third kappa shape index (κ3) is 3.25. The molecule has 0 spiro atoms. The highest BCUT2D eigenvalue weighted by Gasteiger charge is 2.13. The molecule has 0 saturated heterocycles. The van der Waals surface area contributed by atoms with Gasteiger partial charge in [0.1, 0.15) is 0 Å². The predicted octanol–water partition coefficient (Wildman–Crippen LogP) is 3.94. The van der Waals surface area contributed by atoms with Crippen molar-refractivity contribution < 1.29 is 8.42 Å². The fourth-order valence-corrected chi connectivity index (χ4v) is 4.61.